The fourth-order valence-electron chi connectivity index (χ4n) is 1.15. The van der Waals surface area contributed by atoms with E-state index in [9.17, 15) is 0 Å². The molecule has 1 aromatic heterocycles. The largest absolute Gasteiger partial charge is 0.487 e. The Morgan fingerprint density at radius 3 is 2.79 bits per heavy atom. The second kappa shape index (κ2) is 6.01. The molecule has 0 amide bonds. The van der Waals surface area contributed by atoms with Gasteiger partial charge in [-0.15, -0.1) is 11.3 Å². The molecule has 1 atom stereocenters. The standard InChI is InChI=1S/C10H17NO2S/c1-8(7-12-2)11-6-9-4-5-10(13-3)14-9/h4-5,8,11H,6-7H2,1-3H3. The zero-order valence-electron chi connectivity index (χ0n) is 8.87. The van der Waals surface area contributed by atoms with Crippen LogP contribution in [-0.2, 0) is 11.3 Å². The molecule has 4 heteroatoms. The highest BCUT2D eigenvalue weighted by Crippen LogP contribution is 2.23. The van der Waals surface area contributed by atoms with Crippen LogP contribution in [0.3, 0.4) is 0 Å². The molecule has 14 heavy (non-hydrogen) atoms. The summed E-state index contributed by atoms with van der Waals surface area (Å²) in [5.41, 5.74) is 0. The number of hydrogen-bond donors (Lipinski definition) is 1. The Kier molecular flexibility index (Phi) is 4.93. The summed E-state index contributed by atoms with van der Waals surface area (Å²) in [5.74, 6) is 0. The van der Waals surface area contributed by atoms with Crippen LogP contribution in [0.5, 0.6) is 5.06 Å². The lowest BCUT2D eigenvalue weighted by molar-refractivity contribution is 0.172. The molecule has 3 nitrogen and oxygen atoms in total. The van der Waals surface area contributed by atoms with Gasteiger partial charge in [-0.1, -0.05) is 0 Å². The lowest BCUT2D eigenvalue weighted by atomic mass is 10.3. The lowest BCUT2D eigenvalue weighted by Gasteiger charge is -2.11. The number of hydrogen-bond acceptors (Lipinski definition) is 4. The predicted molar refractivity (Wildman–Crippen MR) is 59.0 cm³/mol. The molecule has 0 saturated carbocycles. The van der Waals surface area contributed by atoms with Crippen LogP contribution in [-0.4, -0.2) is 26.9 Å². The van der Waals surface area contributed by atoms with Crippen molar-refractivity contribution in [3.05, 3.63) is 17.0 Å². The van der Waals surface area contributed by atoms with Crippen LogP contribution in [0.15, 0.2) is 12.1 Å². The van der Waals surface area contributed by atoms with E-state index in [1.54, 1.807) is 25.6 Å². The van der Waals surface area contributed by atoms with E-state index in [2.05, 4.69) is 18.3 Å². The molecular formula is C10H17NO2S. The molecule has 1 rings (SSSR count). The number of methoxy groups -OCH3 is 2. The SMILES string of the molecule is COCC(C)NCc1ccc(OC)s1. The van der Waals surface area contributed by atoms with Gasteiger partial charge >= 0.3 is 0 Å². The summed E-state index contributed by atoms with van der Waals surface area (Å²) < 4.78 is 10.1. The molecule has 1 unspecified atom stereocenters. The van der Waals surface area contributed by atoms with E-state index in [0.717, 1.165) is 18.2 Å². The number of rotatable bonds is 6. The van der Waals surface area contributed by atoms with Crippen molar-refractivity contribution in [1.29, 1.82) is 0 Å². The fourth-order valence-corrected chi connectivity index (χ4v) is 1.92. The van der Waals surface area contributed by atoms with E-state index >= 15 is 0 Å². The highest BCUT2D eigenvalue weighted by molar-refractivity contribution is 7.13. The van der Waals surface area contributed by atoms with Gasteiger partial charge in [-0.25, -0.2) is 0 Å². The monoisotopic (exact) mass is 215 g/mol. The van der Waals surface area contributed by atoms with E-state index in [4.69, 9.17) is 9.47 Å². The first kappa shape index (κ1) is 11.5. The van der Waals surface area contributed by atoms with Gasteiger partial charge < -0.3 is 14.8 Å². The smallest absolute Gasteiger partial charge is 0.173 e. The van der Waals surface area contributed by atoms with Crippen LogP contribution in [0.4, 0.5) is 0 Å². The van der Waals surface area contributed by atoms with Crippen LogP contribution in [0.1, 0.15) is 11.8 Å². The van der Waals surface area contributed by atoms with Crippen molar-refractivity contribution in [3.8, 4) is 5.06 Å². The molecule has 1 heterocycles. The second-order valence-electron chi connectivity index (χ2n) is 3.16. The van der Waals surface area contributed by atoms with Crippen molar-refractivity contribution in [2.45, 2.75) is 19.5 Å². The molecule has 0 aliphatic rings. The molecule has 1 aromatic rings. The van der Waals surface area contributed by atoms with Crippen LogP contribution in [0.2, 0.25) is 0 Å². The van der Waals surface area contributed by atoms with Crippen molar-refractivity contribution in [2.75, 3.05) is 20.8 Å². The summed E-state index contributed by atoms with van der Waals surface area (Å²) in [7, 11) is 3.41. The number of ether oxygens (including phenoxy) is 2. The topological polar surface area (TPSA) is 30.5 Å². The maximum Gasteiger partial charge on any atom is 0.173 e. The van der Waals surface area contributed by atoms with Crippen molar-refractivity contribution in [3.63, 3.8) is 0 Å². The van der Waals surface area contributed by atoms with Crippen molar-refractivity contribution < 1.29 is 9.47 Å². The zero-order chi connectivity index (χ0) is 10.4. The number of thiophene rings is 1. The molecule has 0 aliphatic heterocycles. The molecule has 0 aliphatic carbocycles. The van der Waals surface area contributed by atoms with Gasteiger partial charge in [-0.05, 0) is 19.1 Å². The first-order valence-corrected chi connectivity index (χ1v) is 5.43. The fraction of sp³-hybridized carbons (Fsp3) is 0.600. The predicted octanol–water partition coefficient (Wildman–Crippen LogP) is 1.88. The quantitative estimate of drug-likeness (QED) is 0.786. The van der Waals surface area contributed by atoms with Gasteiger partial charge in [0.1, 0.15) is 0 Å². The Bertz CT molecular complexity index is 262. The van der Waals surface area contributed by atoms with E-state index in [-0.39, 0.29) is 0 Å². The van der Waals surface area contributed by atoms with Gasteiger partial charge in [0.05, 0.1) is 13.7 Å². The van der Waals surface area contributed by atoms with Crippen LogP contribution in [0, 0.1) is 0 Å². The van der Waals surface area contributed by atoms with Crippen LogP contribution < -0.4 is 10.1 Å². The Labute approximate surface area is 89.0 Å². The summed E-state index contributed by atoms with van der Waals surface area (Å²) in [6, 6.07) is 4.45. The molecule has 0 aromatic carbocycles. The minimum atomic E-state index is 0.382. The average Bonchev–Trinajstić information content (AvgIpc) is 2.63. The minimum absolute atomic E-state index is 0.382. The molecule has 80 valence electrons. The first-order chi connectivity index (χ1) is 6.76. The third-order valence-electron chi connectivity index (χ3n) is 1.88. The van der Waals surface area contributed by atoms with Gasteiger partial charge in [0, 0.05) is 24.6 Å². The van der Waals surface area contributed by atoms with Crippen molar-refractivity contribution in [2.24, 2.45) is 0 Å². The molecule has 0 fully saturated rings. The van der Waals surface area contributed by atoms with Gasteiger partial charge in [0.15, 0.2) is 5.06 Å². The summed E-state index contributed by atoms with van der Waals surface area (Å²) in [6.45, 7) is 3.72. The van der Waals surface area contributed by atoms with E-state index < -0.39 is 0 Å². The summed E-state index contributed by atoms with van der Waals surface area (Å²) >= 11 is 1.67. The third kappa shape index (κ3) is 3.65. The van der Waals surface area contributed by atoms with E-state index in [1.807, 2.05) is 6.07 Å². The highest BCUT2D eigenvalue weighted by Gasteiger charge is 2.02. The van der Waals surface area contributed by atoms with Gasteiger partial charge in [-0.2, -0.15) is 0 Å². The Hall–Kier alpha value is -0.580. The number of nitrogens with one attached hydrogen (secondary N) is 1. The highest BCUT2D eigenvalue weighted by atomic mass is 32.1. The molecular weight excluding hydrogens is 198 g/mol. The second-order valence-corrected chi connectivity index (χ2v) is 4.29. The minimum Gasteiger partial charge on any atom is -0.487 e. The summed E-state index contributed by atoms with van der Waals surface area (Å²) in [6.07, 6.45) is 0. The maximum atomic E-state index is 5.12. The first-order valence-electron chi connectivity index (χ1n) is 4.61. The molecule has 1 N–H and O–H groups in total. The van der Waals surface area contributed by atoms with Crippen LogP contribution in [0.25, 0.3) is 0 Å². The van der Waals surface area contributed by atoms with Crippen molar-refractivity contribution >= 4 is 11.3 Å². The van der Waals surface area contributed by atoms with E-state index in [1.165, 1.54) is 4.88 Å². The Morgan fingerprint density at radius 2 is 2.21 bits per heavy atom. The van der Waals surface area contributed by atoms with Gasteiger partial charge in [-0.3, -0.25) is 0 Å². The summed E-state index contributed by atoms with van der Waals surface area (Å²) in [5, 5.41) is 4.33. The van der Waals surface area contributed by atoms with E-state index in [0.29, 0.717) is 6.04 Å². The Balaban J connectivity index is 2.30. The van der Waals surface area contributed by atoms with Crippen LogP contribution >= 0.6 is 11.3 Å². The zero-order valence-corrected chi connectivity index (χ0v) is 9.69. The van der Waals surface area contributed by atoms with Crippen molar-refractivity contribution in [1.82, 2.24) is 5.32 Å². The molecule has 0 bridgehead atoms. The molecule has 0 spiro atoms. The van der Waals surface area contributed by atoms with Gasteiger partial charge in [0.25, 0.3) is 0 Å². The normalized spacial score (nSPS) is 12.8. The Morgan fingerprint density at radius 1 is 1.43 bits per heavy atom. The molecule has 0 saturated heterocycles. The molecule has 0 radical (unpaired) electrons. The maximum absolute atomic E-state index is 5.12. The summed E-state index contributed by atoms with van der Waals surface area (Å²) in [4.78, 5) is 1.28. The third-order valence-corrected chi connectivity index (χ3v) is 2.93. The van der Waals surface area contributed by atoms with Gasteiger partial charge in [0.2, 0.25) is 0 Å². The lowest BCUT2D eigenvalue weighted by Crippen LogP contribution is -2.29. The average molecular weight is 215 g/mol.